The van der Waals surface area contributed by atoms with Crippen molar-refractivity contribution in [2.24, 2.45) is 5.73 Å². The SMILES string of the molecule is N#CC1=C(N)Oc2cc(N)ccc2[C@H]1c1ccccc1. The maximum absolute atomic E-state index is 9.38. The van der Waals surface area contributed by atoms with Crippen LogP contribution in [0.1, 0.15) is 17.0 Å². The minimum absolute atomic E-state index is 0.138. The van der Waals surface area contributed by atoms with Gasteiger partial charge in [-0.05, 0) is 11.6 Å². The molecule has 98 valence electrons. The molecule has 4 heteroatoms. The van der Waals surface area contributed by atoms with Gasteiger partial charge in [-0.2, -0.15) is 5.26 Å². The van der Waals surface area contributed by atoms with Crippen LogP contribution in [0.3, 0.4) is 0 Å². The number of hydrogen-bond donors (Lipinski definition) is 2. The van der Waals surface area contributed by atoms with Crippen molar-refractivity contribution < 1.29 is 4.74 Å². The third-order valence-corrected chi connectivity index (χ3v) is 3.38. The number of benzene rings is 2. The number of allylic oxidation sites excluding steroid dienone is 1. The van der Waals surface area contributed by atoms with Crippen molar-refractivity contribution in [3.8, 4) is 11.8 Å². The van der Waals surface area contributed by atoms with Gasteiger partial charge in [-0.15, -0.1) is 0 Å². The molecule has 0 saturated heterocycles. The molecule has 4 N–H and O–H groups in total. The fourth-order valence-corrected chi connectivity index (χ4v) is 2.46. The Kier molecular flexibility index (Phi) is 2.81. The van der Waals surface area contributed by atoms with Crippen LogP contribution in [0, 0.1) is 11.3 Å². The lowest BCUT2D eigenvalue weighted by Gasteiger charge is -2.26. The number of rotatable bonds is 1. The highest BCUT2D eigenvalue weighted by molar-refractivity contribution is 5.59. The number of hydrogen-bond acceptors (Lipinski definition) is 4. The van der Waals surface area contributed by atoms with Crippen molar-refractivity contribution in [3.05, 3.63) is 71.1 Å². The summed E-state index contributed by atoms with van der Waals surface area (Å²) in [5, 5.41) is 9.38. The molecule has 0 unspecified atom stereocenters. The van der Waals surface area contributed by atoms with Crippen molar-refractivity contribution in [1.29, 1.82) is 5.26 Å². The molecule has 0 radical (unpaired) electrons. The second-order valence-electron chi connectivity index (χ2n) is 4.63. The summed E-state index contributed by atoms with van der Waals surface area (Å²) in [4.78, 5) is 0. The second kappa shape index (κ2) is 4.63. The fraction of sp³-hybridized carbons (Fsp3) is 0.0625. The van der Waals surface area contributed by atoms with Crippen molar-refractivity contribution in [1.82, 2.24) is 0 Å². The topological polar surface area (TPSA) is 85.1 Å². The first-order valence-electron chi connectivity index (χ1n) is 6.22. The van der Waals surface area contributed by atoms with Crippen molar-refractivity contribution in [3.63, 3.8) is 0 Å². The van der Waals surface area contributed by atoms with Crippen LogP contribution in [0.4, 0.5) is 5.69 Å². The summed E-state index contributed by atoms with van der Waals surface area (Å²) in [5.74, 6) is 0.528. The Bertz CT molecular complexity index is 729. The first-order valence-corrected chi connectivity index (χ1v) is 6.22. The van der Waals surface area contributed by atoms with Crippen LogP contribution in [0.15, 0.2) is 60.0 Å². The smallest absolute Gasteiger partial charge is 0.205 e. The average Bonchev–Trinajstić information content (AvgIpc) is 2.46. The zero-order valence-corrected chi connectivity index (χ0v) is 10.7. The molecule has 20 heavy (non-hydrogen) atoms. The molecule has 2 aromatic carbocycles. The Labute approximate surface area is 116 Å². The van der Waals surface area contributed by atoms with Gasteiger partial charge in [0.05, 0.1) is 5.92 Å². The van der Waals surface area contributed by atoms with E-state index in [1.54, 1.807) is 12.1 Å². The highest BCUT2D eigenvalue weighted by Gasteiger charge is 2.30. The predicted octanol–water partition coefficient (Wildman–Crippen LogP) is 2.49. The molecule has 2 aromatic rings. The minimum atomic E-state index is -0.217. The number of anilines is 1. The molecular formula is C16H13N3O. The summed E-state index contributed by atoms with van der Waals surface area (Å²) in [6.07, 6.45) is 0. The minimum Gasteiger partial charge on any atom is -0.440 e. The quantitative estimate of drug-likeness (QED) is 0.774. The normalized spacial score (nSPS) is 17.1. The summed E-state index contributed by atoms with van der Waals surface area (Å²) in [5.41, 5.74) is 14.6. The van der Waals surface area contributed by atoms with E-state index in [0.29, 0.717) is 17.0 Å². The molecule has 3 rings (SSSR count). The summed E-state index contributed by atoms with van der Waals surface area (Å²) in [6.45, 7) is 0. The van der Waals surface area contributed by atoms with Gasteiger partial charge in [0.1, 0.15) is 17.4 Å². The molecule has 1 aliphatic rings. The van der Waals surface area contributed by atoms with E-state index in [0.717, 1.165) is 11.1 Å². The van der Waals surface area contributed by atoms with Crippen LogP contribution in [0.5, 0.6) is 5.75 Å². The van der Waals surface area contributed by atoms with E-state index in [4.69, 9.17) is 16.2 Å². The van der Waals surface area contributed by atoms with Gasteiger partial charge >= 0.3 is 0 Å². The predicted molar refractivity (Wildman–Crippen MR) is 76.6 cm³/mol. The fourth-order valence-electron chi connectivity index (χ4n) is 2.46. The van der Waals surface area contributed by atoms with Crippen molar-refractivity contribution >= 4 is 5.69 Å². The van der Waals surface area contributed by atoms with Crippen LogP contribution in [-0.2, 0) is 0 Å². The lowest BCUT2D eigenvalue weighted by Crippen LogP contribution is -2.21. The number of fused-ring (bicyclic) bond motifs is 1. The standard InChI is InChI=1S/C16H13N3O/c17-9-13-15(10-4-2-1-3-5-10)12-7-6-11(18)8-14(12)20-16(13)19/h1-8,15H,18-19H2/t15-/m1/s1. The Morgan fingerprint density at radius 1 is 1.05 bits per heavy atom. The van der Waals surface area contributed by atoms with E-state index in [2.05, 4.69) is 6.07 Å². The van der Waals surface area contributed by atoms with Gasteiger partial charge in [-0.25, -0.2) is 0 Å². The third-order valence-electron chi connectivity index (χ3n) is 3.38. The molecular weight excluding hydrogens is 250 g/mol. The van der Waals surface area contributed by atoms with Gasteiger partial charge in [0, 0.05) is 17.3 Å². The molecule has 0 spiro atoms. The number of nitrogens with zero attached hydrogens (tertiary/aromatic N) is 1. The van der Waals surface area contributed by atoms with E-state index in [1.807, 2.05) is 36.4 Å². The number of ether oxygens (including phenoxy) is 1. The molecule has 1 heterocycles. The Morgan fingerprint density at radius 3 is 2.50 bits per heavy atom. The van der Waals surface area contributed by atoms with Crippen LogP contribution < -0.4 is 16.2 Å². The molecule has 0 amide bonds. The average molecular weight is 263 g/mol. The van der Waals surface area contributed by atoms with Crippen LogP contribution >= 0.6 is 0 Å². The summed E-state index contributed by atoms with van der Waals surface area (Å²) in [7, 11) is 0. The van der Waals surface area contributed by atoms with Crippen molar-refractivity contribution in [2.75, 3.05) is 5.73 Å². The molecule has 4 nitrogen and oxygen atoms in total. The molecule has 0 fully saturated rings. The van der Waals surface area contributed by atoms with E-state index >= 15 is 0 Å². The third kappa shape index (κ3) is 1.86. The highest BCUT2D eigenvalue weighted by Crippen LogP contribution is 2.42. The molecule has 0 bridgehead atoms. The lowest BCUT2D eigenvalue weighted by atomic mass is 9.83. The first-order chi connectivity index (χ1) is 9.70. The number of nitriles is 1. The summed E-state index contributed by atoms with van der Waals surface area (Å²) < 4.78 is 5.52. The Morgan fingerprint density at radius 2 is 1.80 bits per heavy atom. The van der Waals surface area contributed by atoms with E-state index in [9.17, 15) is 5.26 Å². The van der Waals surface area contributed by atoms with Crippen LogP contribution in [0.25, 0.3) is 0 Å². The Balaban J connectivity index is 2.23. The van der Waals surface area contributed by atoms with E-state index < -0.39 is 0 Å². The highest BCUT2D eigenvalue weighted by atomic mass is 16.5. The van der Waals surface area contributed by atoms with Crippen LogP contribution in [-0.4, -0.2) is 0 Å². The number of nitrogens with two attached hydrogens (primary N) is 2. The Hall–Kier alpha value is -2.93. The molecule has 1 aliphatic heterocycles. The van der Waals surface area contributed by atoms with Gasteiger partial charge in [0.2, 0.25) is 5.88 Å². The number of nitrogen functional groups attached to an aromatic ring is 1. The molecule has 1 atom stereocenters. The van der Waals surface area contributed by atoms with E-state index in [1.165, 1.54) is 0 Å². The molecule has 0 saturated carbocycles. The first kappa shape index (κ1) is 12.1. The largest absolute Gasteiger partial charge is 0.440 e. The zero-order chi connectivity index (χ0) is 14.1. The summed E-state index contributed by atoms with van der Waals surface area (Å²) >= 11 is 0. The van der Waals surface area contributed by atoms with Crippen molar-refractivity contribution in [2.45, 2.75) is 5.92 Å². The van der Waals surface area contributed by atoms with Gasteiger partial charge < -0.3 is 16.2 Å². The second-order valence-corrected chi connectivity index (χ2v) is 4.63. The monoisotopic (exact) mass is 263 g/mol. The maximum Gasteiger partial charge on any atom is 0.205 e. The van der Waals surface area contributed by atoms with Gasteiger partial charge in [-0.3, -0.25) is 0 Å². The van der Waals surface area contributed by atoms with Crippen LogP contribution in [0.2, 0.25) is 0 Å². The lowest BCUT2D eigenvalue weighted by molar-refractivity contribution is 0.394. The maximum atomic E-state index is 9.38. The van der Waals surface area contributed by atoms with Gasteiger partial charge in [0.15, 0.2) is 0 Å². The molecule has 0 aliphatic carbocycles. The molecule has 0 aromatic heterocycles. The zero-order valence-electron chi connectivity index (χ0n) is 10.7. The van der Waals surface area contributed by atoms with E-state index in [-0.39, 0.29) is 11.8 Å². The van der Waals surface area contributed by atoms with Gasteiger partial charge in [0.25, 0.3) is 0 Å². The summed E-state index contributed by atoms with van der Waals surface area (Å²) in [6, 6.07) is 17.3. The van der Waals surface area contributed by atoms with Gasteiger partial charge in [-0.1, -0.05) is 36.4 Å².